The molecule has 0 N–H and O–H groups in total. The summed E-state index contributed by atoms with van der Waals surface area (Å²) in [6.45, 7) is 0.923. The molecule has 2 aromatic rings. The quantitative estimate of drug-likeness (QED) is 0.850. The number of sulfone groups is 1. The lowest BCUT2D eigenvalue weighted by Crippen LogP contribution is -2.52. The van der Waals surface area contributed by atoms with E-state index in [9.17, 15) is 8.42 Å². The van der Waals surface area contributed by atoms with Crippen LogP contribution in [0.3, 0.4) is 0 Å². The topological polar surface area (TPSA) is 52.6 Å². The highest BCUT2D eigenvalue weighted by Crippen LogP contribution is 2.38. The maximum absolute atomic E-state index is 12.0. The Balaban J connectivity index is 1.73. The lowest BCUT2D eigenvalue weighted by atomic mass is 9.96. The number of hydrogen-bond donors (Lipinski definition) is 0. The van der Waals surface area contributed by atoms with Crippen LogP contribution < -0.4 is 4.74 Å². The standard InChI is InChI=1S/C17H18O4S/c1-22(18,19)17(12-20-13-17)15-7-9-16(10-8-15)21-11-14-5-3-2-4-6-14/h2-10H,11-13H2,1H3. The second kappa shape index (κ2) is 5.74. The van der Waals surface area contributed by atoms with E-state index in [1.807, 2.05) is 54.6 Å². The molecule has 0 amide bonds. The predicted molar refractivity (Wildman–Crippen MR) is 84.6 cm³/mol. The first-order valence-electron chi connectivity index (χ1n) is 7.06. The average molecular weight is 318 g/mol. The van der Waals surface area contributed by atoms with Gasteiger partial charge in [0.15, 0.2) is 9.84 Å². The van der Waals surface area contributed by atoms with Crippen LogP contribution in [0, 0.1) is 0 Å². The number of rotatable bonds is 5. The van der Waals surface area contributed by atoms with Gasteiger partial charge < -0.3 is 9.47 Å². The van der Waals surface area contributed by atoms with Gasteiger partial charge in [-0.05, 0) is 23.3 Å². The van der Waals surface area contributed by atoms with Crippen molar-refractivity contribution in [3.8, 4) is 5.75 Å². The molecule has 4 nitrogen and oxygen atoms in total. The first-order valence-corrected chi connectivity index (χ1v) is 8.95. The van der Waals surface area contributed by atoms with Gasteiger partial charge in [-0.15, -0.1) is 0 Å². The molecule has 0 bridgehead atoms. The van der Waals surface area contributed by atoms with Crippen LogP contribution in [0.25, 0.3) is 0 Å². The van der Waals surface area contributed by atoms with Gasteiger partial charge in [-0.25, -0.2) is 8.42 Å². The third-order valence-electron chi connectivity index (χ3n) is 4.01. The highest BCUT2D eigenvalue weighted by molar-refractivity contribution is 7.91. The highest BCUT2D eigenvalue weighted by atomic mass is 32.2. The summed E-state index contributed by atoms with van der Waals surface area (Å²) < 4.78 is 34.0. The van der Waals surface area contributed by atoms with E-state index in [1.165, 1.54) is 6.26 Å². The van der Waals surface area contributed by atoms with Crippen LogP contribution in [0.15, 0.2) is 54.6 Å². The molecule has 1 fully saturated rings. The molecule has 0 atom stereocenters. The maximum atomic E-state index is 12.0. The van der Waals surface area contributed by atoms with Crippen molar-refractivity contribution in [3.05, 3.63) is 65.7 Å². The van der Waals surface area contributed by atoms with E-state index in [0.29, 0.717) is 6.61 Å². The molecule has 0 radical (unpaired) electrons. The van der Waals surface area contributed by atoms with Crippen molar-refractivity contribution in [2.24, 2.45) is 0 Å². The zero-order valence-electron chi connectivity index (χ0n) is 12.4. The molecule has 0 aliphatic carbocycles. The third-order valence-corrected chi connectivity index (χ3v) is 5.90. The molecule has 2 aromatic carbocycles. The molecule has 0 aromatic heterocycles. The van der Waals surface area contributed by atoms with Gasteiger partial charge in [0.2, 0.25) is 0 Å². The van der Waals surface area contributed by atoms with E-state index < -0.39 is 14.6 Å². The van der Waals surface area contributed by atoms with Gasteiger partial charge in [0.25, 0.3) is 0 Å². The van der Waals surface area contributed by atoms with Crippen LogP contribution in [0.2, 0.25) is 0 Å². The minimum Gasteiger partial charge on any atom is -0.489 e. The highest BCUT2D eigenvalue weighted by Gasteiger charge is 2.49. The molecule has 3 rings (SSSR count). The minimum absolute atomic E-state index is 0.218. The fourth-order valence-corrected chi connectivity index (χ4v) is 3.64. The van der Waals surface area contributed by atoms with Crippen molar-refractivity contribution in [2.75, 3.05) is 19.5 Å². The zero-order chi connectivity index (χ0) is 15.6. The van der Waals surface area contributed by atoms with Crippen LogP contribution in [-0.4, -0.2) is 27.9 Å². The Morgan fingerprint density at radius 3 is 2.18 bits per heavy atom. The molecular formula is C17H18O4S. The summed E-state index contributed by atoms with van der Waals surface area (Å²) in [6, 6.07) is 17.1. The normalized spacial score (nSPS) is 16.8. The molecule has 5 heteroatoms. The Morgan fingerprint density at radius 2 is 1.68 bits per heavy atom. The summed E-state index contributed by atoms with van der Waals surface area (Å²) in [4.78, 5) is 0. The molecule has 0 saturated carbocycles. The molecule has 1 saturated heterocycles. The van der Waals surface area contributed by atoms with E-state index in [1.54, 1.807) is 0 Å². The van der Waals surface area contributed by atoms with E-state index >= 15 is 0 Å². The third kappa shape index (κ3) is 2.74. The fraction of sp³-hybridized carbons (Fsp3) is 0.294. The summed E-state index contributed by atoms with van der Waals surface area (Å²) in [5, 5.41) is 0. The van der Waals surface area contributed by atoms with Crippen molar-refractivity contribution in [1.82, 2.24) is 0 Å². The van der Waals surface area contributed by atoms with Crippen molar-refractivity contribution >= 4 is 9.84 Å². The van der Waals surface area contributed by atoms with Crippen LogP contribution >= 0.6 is 0 Å². The predicted octanol–water partition coefficient (Wildman–Crippen LogP) is 2.54. The molecular weight excluding hydrogens is 300 g/mol. The number of hydrogen-bond acceptors (Lipinski definition) is 4. The first-order chi connectivity index (χ1) is 10.5. The van der Waals surface area contributed by atoms with E-state index in [0.717, 1.165) is 16.9 Å². The first kappa shape index (κ1) is 15.1. The SMILES string of the molecule is CS(=O)(=O)C1(c2ccc(OCc3ccccc3)cc2)COC1. The fourth-order valence-electron chi connectivity index (χ4n) is 2.48. The monoisotopic (exact) mass is 318 g/mol. The van der Waals surface area contributed by atoms with Crippen molar-refractivity contribution < 1.29 is 17.9 Å². The molecule has 1 heterocycles. The molecule has 0 spiro atoms. The van der Waals surface area contributed by atoms with Gasteiger partial charge in [0.1, 0.15) is 17.1 Å². The van der Waals surface area contributed by atoms with E-state index in [4.69, 9.17) is 9.47 Å². The largest absolute Gasteiger partial charge is 0.489 e. The van der Waals surface area contributed by atoms with Crippen LogP contribution in [0.5, 0.6) is 5.75 Å². The minimum atomic E-state index is -3.21. The van der Waals surface area contributed by atoms with Gasteiger partial charge in [0.05, 0.1) is 13.2 Å². The zero-order valence-corrected chi connectivity index (χ0v) is 13.2. The second-order valence-electron chi connectivity index (χ2n) is 5.56. The van der Waals surface area contributed by atoms with E-state index in [2.05, 4.69) is 0 Å². The van der Waals surface area contributed by atoms with Crippen molar-refractivity contribution in [1.29, 1.82) is 0 Å². The van der Waals surface area contributed by atoms with Crippen LogP contribution in [0.4, 0.5) is 0 Å². The summed E-state index contributed by atoms with van der Waals surface area (Å²) in [5.74, 6) is 0.719. The van der Waals surface area contributed by atoms with Crippen LogP contribution in [0.1, 0.15) is 11.1 Å². The van der Waals surface area contributed by atoms with Gasteiger partial charge in [-0.2, -0.15) is 0 Å². The average Bonchev–Trinajstić information content (AvgIpc) is 2.45. The van der Waals surface area contributed by atoms with Gasteiger partial charge in [-0.1, -0.05) is 42.5 Å². The Hall–Kier alpha value is -1.85. The Labute approximate surface area is 130 Å². The van der Waals surface area contributed by atoms with E-state index in [-0.39, 0.29) is 13.2 Å². The molecule has 0 unspecified atom stereocenters. The van der Waals surface area contributed by atoms with Crippen molar-refractivity contribution in [2.45, 2.75) is 11.4 Å². The van der Waals surface area contributed by atoms with Gasteiger partial charge in [-0.3, -0.25) is 0 Å². The summed E-state index contributed by atoms with van der Waals surface area (Å²) >= 11 is 0. The lowest BCUT2D eigenvalue weighted by molar-refractivity contribution is -0.0156. The molecule has 116 valence electrons. The summed E-state index contributed by atoms with van der Waals surface area (Å²) in [5.41, 5.74) is 1.85. The summed E-state index contributed by atoms with van der Waals surface area (Å²) in [6.07, 6.45) is 1.26. The summed E-state index contributed by atoms with van der Waals surface area (Å²) in [7, 11) is -3.21. The Kier molecular flexibility index (Phi) is 3.93. The molecule has 22 heavy (non-hydrogen) atoms. The van der Waals surface area contributed by atoms with Crippen molar-refractivity contribution in [3.63, 3.8) is 0 Å². The maximum Gasteiger partial charge on any atom is 0.161 e. The van der Waals surface area contributed by atoms with Gasteiger partial charge in [0, 0.05) is 6.26 Å². The molecule has 1 aliphatic rings. The van der Waals surface area contributed by atoms with Gasteiger partial charge >= 0.3 is 0 Å². The lowest BCUT2D eigenvalue weighted by Gasteiger charge is -2.39. The van der Waals surface area contributed by atoms with Crippen LogP contribution in [-0.2, 0) is 25.9 Å². The molecule has 1 aliphatic heterocycles. The number of ether oxygens (including phenoxy) is 2. The smallest absolute Gasteiger partial charge is 0.161 e. The Bertz CT molecular complexity index is 732. The Morgan fingerprint density at radius 1 is 1.05 bits per heavy atom. The second-order valence-corrected chi connectivity index (χ2v) is 7.88. The number of benzene rings is 2.